The van der Waals surface area contributed by atoms with Crippen molar-refractivity contribution in [2.24, 2.45) is 0 Å². The summed E-state index contributed by atoms with van der Waals surface area (Å²) in [4.78, 5) is 37.0. The first-order chi connectivity index (χ1) is 11.4. The second-order valence-electron chi connectivity index (χ2n) is 5.46. The number of carbonyl (C=O) groups is 3. The van der Waals surface area contributed by atoms with Crippen molar-refractivity contribution in [1.82, 2.24) is 10.2 Å². The number of imide groups is 1. The fourth-order valence-electron chi connectivity index (χ4n) is 2.64. The molecule has 0 aliphatic carbocycles. The molecule has 3 N–H and O–H groups in total. The largest absolute Gasteiger partial charge is 0.480 e. The molecule has 1 aromatic carbocycles. The van der Waals surface area contributed by atoms with E-state index in [-0.39, 0.29) is 24.1 Å². The minimum absolute atomic E-state index is 0.121. The van der Waals surface area contributed by atoms with Gasteiger partial charge >= 0.3 is 5.97 Å². The molecule has 7 nitrogen and oxygen atoms in total. The zero-order valence-corrected chi connectivity index (χ0v) is 12.9. The summed E-state index contributed by atoms with van der Waals surface area (Å²) in [5, 5.41) is 18.7. The highest BCUT2D eigenvalue weighted by molar-refractivity contribution is 6.22. The van der Waals surface area contributed by atoms with Crippen molar-refractivity contribution in [3.63, 3.8) is 0 Å². The van der Waals surface area contributed by atoms with E-state index in [1.165, 1.54) is 12.1 Å². The predicted molar refractivity (Wildman–Crippen MR) is 83.9 cm³/mol. The minimum Gasteiger partial charge on any atom is -0.480 e. The monoisotopic (exact) mass is 335 g/mol. The van der Waals surface area contributed by atoms with Gasteiger partial charge in [0.2, 0.25) is 0 Å². The first-order valence-corrected chi connectivity index (χ1v) is 7.57. The molecule has 1 unspecified atom stereocenters. The van der Waals surface area contributed by atoms with Crippen molar-refractivity contribution in [2.75, 3.05) is 13.1 Å². The van der Waals surface area contributed by atoms with Gasteiger partial charge in [-0.05, 0) is 37.9 Å². The standard InChI is InChI=1S/C16H18FN3O4/c17-13(18)9-19-8-4-3-7-12(16(23)24)20-14(21)10-5-1-2-6-11(10)15(20)22/h1-2,5-6,12,18-19H,3-4,7-9H2,(H,23,24). The molecule has 0 radical (unpaired) electrons. The highest BCUT2D eigenvalue weighted by atomic mass is 19.1. The van der Waals surface area contributed by atoms with Gasteiger partial charge in [-0.2, -0.15) is 4.39 Å². The van der Waals surface area contributed by atoms with E-state index in [0.29, 0.717) is 19.4 Å². The number of benzene rings is 1. The summed E-state index contributed by atoms with van der Waals surface area (Å²) in [7, 11) is 0. The van der Waals surface area contributed by atoms with Crippen LogP contribution in [0.5, 0.6) is 0 Å². The van der Waals surface area contributed by atoms with E-state index < -0.39 is 29.8 Å². The zero-order chi connectivity index (χ0) is 17.7. The number of carboxylic acids is 1. The van der Waals surface area contributed by atoms with Crippen LogP contribution in [-0.2, 0) is 4.79 Å². The van der Waals surface area contributed by atoms with Gasteiger partial charge in [0.15, 0.2) is 5.97 Å². The maximum atomic E-state index is 12.3. The predicted octanol–water partition coefficient (Wildman–Crippen LogP) is 1.44. The molecule has 0 bridgehead atoms. The van der Waals surface area contributed by atoms with Crippen LogP contribution < -0.4 is 5.32 Å². The zero-order valence-electron chi connectivity index (χ0n) is 12.9. The second kappa shape index (κ2) is 7.78. The number of nitrogens with zero attached hydrogens (tertiary/aromatic N) is 1. The van der Waals surface area contributed by atoms with Gasteiger partial charge in [0.05, 0.1) is 17.7 Å². The summed E-state index contributed by atoms with van der Waals surface area (Å²) in [5.41, 5.74) is 0.439. The van der Waals surface area contributed by atoms with Crippen LogP contribution in [0.3, 0.4) is 0 Å². The number of unbranched alkanes of at least 4 members (excludes halogenated alkanes) is 1. The summed E-state index contributed by atoms with van der Waals surface area (Å²) in [5.74, 6) is -3.38. The van der Waals surface area contributed by atoms with Crippen LogP contribution >= 0.6 is 0 Å². The molecule has 2 amide bonds. The number of carboxylic acid groups (broad SMARTS) is 1. The number of hydrogen-bond donors (Lipinski definition) is 3. The first kappa shape index (κ1) is 17.7. The molecule has 128 valence electrons. The average molecular weight is 335 g/mol. The molecule has 1 aliphatic heterocycles. The Morgan fingerprint density at radius 1 is 1.21 bits per heavy atom. The Morgan fingerprint density at radius 3 is 2.29 bits per heavy atom. The van der Waals surface area contributed by atoms with E-state index in [2.05, 4.69) is 5.32 Å². The van der Waals surface area contributed by atoms with Gasteiger partial charge in [-0.15, -0.1) is 0 Å². The Hall–Kier alpha value is -2.61. The number of nitrogens with one attached hydrogen (secondary N) is 2. The quantitative estimate of drug-likeness (QED) is 0.359. The lowest BCUT2D eigenvalue weighted by Gasteiger charge is -2.22. The molecule has 1 aliphatic rings. The van der Waals surface area contributed by atoms with Gasteiger partial charge in [0.1, 0.15) is 6.04 Å². The lowest BCUT2D eigenvalue weighted by molar-refractivity contribution is -0.141. The van der Waals surface area contributed by atoms with Gasteiger partial charge in [-0.3, -0.25) is 19.9 Å². The number of fused-ring (bicyclic) bond motifs is 1. The summed E-state index contributed by atoms with van der Waals surface area (Å²) >= 11 is 0. The highest BCUT2D eigenvalue weighted by Crippen LogP contribution is 2.26. The van der Waals surface area contributed by atoms with Crippen molar-refractivity contribution >= 4 is 23.7 Å². The Bertz CT molecular complexity index is 642. The Balaban J connectivity index is 1.97. The van der Waals surface area contributed by atoms with E-state index in [4.69, 9.17) is 5.41 Å². The van der Waals surface area contributed by atoms with Crippen LogP contribution in [0.1, 0.15) is 40.0 Å². The Labute approximate surface area is 138 Å². The molecule has 2 rings (SSSR count). The molecule has 1 atom stereocenters. The van der Waals surface area contributed by atoms with E-state index in [1.807, 2.05) is 0 Å². The molecular weight excluding hydrogens is 317 g/mol. The Morgan fingerprint density at radius 2 is 1.79 bits per heavy atom. The van der Waals surface area contributed by atoms with Crippen molar-refractivity contribution in [1.29, 1.82) is 5.41 Å². The number of rotatable bonds is 9. The van der Waals surface area contributed by atoms with Gasteiger partial charge < -0.3 is 10.4 Å². The topological polar surface area (TPSA) is 111 Å². The SMILES string of the molecule is N=C(F)CNCCCCC(C(=O)O)N1C(=O)c2ccccc2C1=O. The number of halogens is 1. The molecule has 1 heterocycles. The van der Waals surface area contributed by atoms with Crippen molar-refractivity contribution < 1.29 is 23.9 Å². The second-order valence-corrected chi connectivity index (χ2v) is 5.46. The lowest BCUT2D eigenvalue weighted by Crippen LogP contribution is -2.44. The number of aliphatic carboxylic acids is 1. The van der Waals surface area contributed by atoms with Crippen molar-refractivity contribution in [2.45, 2.75) is 25.3 Å². The van der Waals surface area contributed by atoms with E-state index >= 15 is 0 Å². The van der Waals surface area contributed by atoms with Gasteiger partial charge in [-0.25, -0.2) is 4.79 Å². The number of hydrogen-bond acceptors (Lipinski definition) is 5. The van der Waals surface area contributed by atoms with Crippen molar-refractivity contribution in [3.05, 3.63) is 35.4 Å². The molecule has 0 spiro atoms. The van der Waals surface area contributed by atoms with Crippen LogP contribution in [0.4, 0.5) is 4.39 Å². The van der Waals surface area contributed by atoms with Crippen LogP contribution in [0.15, 0.2) is 24.3 Å². The fourth-order valence-corrected chi connectivity index (χ4v) is 2.64. The van der Waals surface area contributed by atoms with Crippen molar-refractivity contribution in [3.8, 4) is 0 Å². The maximum Gasteiger partial charge on any atom is 0.326 e. The van der Waals surface area contributed by atoms with Crippen LogP contribution in [0.25, 0.3) is 0 Å². The van der Waals surface area contributed by atoms with Gasteiger partial charge in [-0.1, -0.05) is 12.1 Å². The third-order valence-electron chi connectivity index (χ3n) is 3.78. The molecule has 0 aromatic heterocycles. The number of amides is 2. The molecular formula is C16H18FN3O4. The lowest BCUT2D eigenvalue weighted by atomic mass is 10.1. The summed E-state index contributed by atoms with van der Waals surface area (Å²) in [6, 6.07) is 5.03. The fraction of sp³-hybridized carbons (Fsp3) is 0.375. The molecule has 0 saturated heterocycles. The summed E-state index contributed by atoms with van der Waals surface area (Å²) in [6.45, 7) is 0.252. The van der Waals surface area contributed by atoms with Gasteiger partial charge in [0, 0.05) is 0 Å². The molecule has 0 fully saturated rings. The minimum atomic E-state index is -1.23. The third-order valence-corrected chi connectivity index (χ3v) is 3.78. The van der Waals surface area contributed by atoms with Crippen LogP contribution in [0, 0.1) is 5.41 Å². The molecule has 1 aromatic rings. The third kappa shape index (κ3) is 3.83. The van der Waals surface area contributed by atoms with Crippen LogP contribution in [0.2, 0.25) is 0 Å². The maximum absolute atomic E-state index is 12.3. The van der Waals surface area contributed by atoms with Gasteiger partial charge in [0.25, 0.3) is 11.8 Å². The molecule has 24 heavy (non-hydrogen) atoms. The van der Waals surface area contributed by atoms with Crippen LogP contribution in [-0.4, -0.2) is 52.9 Å². The smallest absolute Gasteiger partial charge is 0.326 e. The van der Waals surface area contributed by atoms with E-state index in [0.717, 1.165) is 4.90 Å². The average Bonchev–Trinajstić information content (AvgIpc) is 2.79. The normalized spacial score (nSPS) is 14.6. The number of carbonyl (C=O) groups excluding carboxylic acids is 2. The van der Waals surface area contributed by atoms with E-state index in [1.54, 1.807) is 12.1 Å². The highest BCUT2D eigenvalue weighted by Gasteiger charge is 2.42. The molecule has 0 saturated carbocycles. The summed E-state index contributed by atoms with van der Waals surface area (Å²) in [6.07, 6.45) is 1.10. The Kier molecular flexibility index (Phi) is 5.75. The van der Waals surface area contributed by atoms with E-state index in [9.17, 15) is 23.9 Å². The first-order valence-electron chi connectivity index (χ1n) is 7.57. The summed E-state index contributed by atoms with van der Waals surface area (Å²) < 4.78 is 12.2. The molecule has 8 heteroatoms.